The van der Waals surface area contributed by atoms with Gasteiger partial charge in [0.2, 0.25) is 0 Å². The van der Waals surface area contributed by atoms with Crippen molar-refractivity contribution in [3.63, 3.8) is 0 Å². The van der Waals surface area contributed by atoms with E-state index in [0.29, 0.717) is 6.54 Å². The highest BCUT2D eigenvalue weighted by molar-refractivity contribution is 7.19. The first-order valence-corrected chi connectivity index (χ1v) is 8.14. The lowest BCUT2D eigenvalue weighted by atomic mass is 9.89. The van der Waals surface area contributed by atoms with Gasteiger partial charge >= 0.3 is 0 Å². The lowest BCUT2D eigenvalue weighted by molar-refractivity contribution is 0.509. The number of fused-ring (bicyclic) bond motifs is 3. The maximum Gasteiger partial charge on any atom is 0.138 e. The van der Waals surface area contributed by atoms with Crippen molar-refractivity contribution in [2.75, 3.05) is 5.32 Å². The average Bonchev–Trinajstić information content (AvgIpc) is 3.11. The molecule has 0 fully saturated rings. The number of aromatic nitrogens is 2. The molecule has 1 aliphatic carbocycles. The van der Waals surface area contributed by atoms with E-state index in [4.69, 9.17) is 4.42 Å². The van der Waals surface area contributed by atoms with Gasteiger partial charge in [-0.05, 0) is 42.9 Å². The smallest absolute Gasteiger partial charge is 0.138 e. The summed E-state index contributed by atoms with van der Waals surface area (Å²) in [6.07, 6.45) is 6.91. The van der Waals surface area contributed by atoms with Crippen LogP contribution in [0.4, 0.5) is 5.82 Å². The van der Waals surface area contributed by atoms with Crippen LogP contribution in [0.2, 0.25) is 0 Å². The van der Waals surface area contributed by atoms with E-state index in [1.54, 1.807) is 12.6 Å². The summed E-state index contributed by atoms with van der Waals surface area (Å²) in [7, 11) is 0. The molecule has 0 bridgehead atoms. The second-order valence-corrected chi connectivity index (χ2v) is 6.77. The topological polar surface area (TPSA) is 51.0 Å². The van der Waals surface area contributed by atoms with Gasteiger partial charge in [0.1, 0.15) is 22.7 Å². The van der Waals surface area contributed by atoms with E-state index >= 15 is 0 Å². The second-order valence-electron chi connectivity index (χ2n) is 5.69. The molecule has 0 unspecified atom stereocenters. The Morgan fingerprint density at radius 2 is 2.38 bits per heavy atom. The fourth-order valence-electron chi connectivity index (χ4n) is 2.99. The summed E-state index contributed by atoms with van der Waals surface area (Å²) in [4.78, 5) is 11.5. The minimum Gasteiger partial charge on any atom is -0.467 e. The van der Waals surface area contributed by atoms with Crippen molar-refractivity contribution >= 4 is 27.4 Å². The summed E-state index contributed by atoms with van der Waals surface area (Å²) in [5, 5.41) is 4.62. The standard InChI is InChI=1S/C16H17N3OS/c1-10-4-5-12-13(7-10)21-16-14(12)15(18-9-19-16)17-8-11-3-2-6-20-11/h2-3,6,9-10H,4-5,7-8H2,1H3,(H,17,18,19)/t10-/m0/s1. The molecule has 0 saturated heterocycles. The monoisotopic (exact) mass is 299 g/mol. The Morgan fingerprint density at radius 3 is 3.24 bits per heavy atom. The minimum absolute atomic E-state index is 0.653. The fourth-order valence-corrected chi connectivity index (χ4v) is 4.34. The number of hydrogen-bond acceptors (Lipinski definition) is 5. The van der Waals surface area contributed by atoms with Gasteiger partial charge in [0, 0.05) is 4.88 Å². The van der Waals surface area contributed by atoms with Gasteiger partial charge < -0.3 is 9.73 Å². The Labute approximate surface area is 127 Å². The Kier molecular flexibility index (Phi) is 3.15. The van der Waals surface area contributed by atoms with Crippen molar-refractivity contribution in [2.45, 2.75) is 32.7 Å². The number of thiophene rings is 1. The highest BCUT2D eigenvalue weighted by atomic mass is 32.1. The lowest BCUT2D eigenvalue weighted by Gasteiger charge is -2.18. The molecule has 21 heavy (non-hydrogen) atoms. The van der Waals surface area contributed by atoms with E-state index < -0.39 is 0 Å². The van der Waals surface area contributed by atoms with E-state index in [2.05, 4.69) is 22.2 Å². The SMILES string of the molecule is C[C@H]1CCc2c(sc3ncnc(NCc4ccco4)c23)C1. The molecular formula is C16H17N3OS. The third kappa shape index (κ3) is 2.31. The first-order chi connectivity index (χ1) is 10.3. The van der Waals surface area contributed by atoms with Crippen molar-refractivity contribution in [3.05, 3.63) is 40.9 Å². The Balaban J connectivity index is 1.72. The molecule has 3 heterocycles. The number of rotatable bonds is 3. The van der Waals surface area contributed by atoms with Crippen molar-refractivity contribution in [3.8, 4) is 0 Å². The van der Waals surface area contributed by atoms with Crippen molar-refractivity contribution < 1.29 is 4.42 Å². The molecule has 5 heteroatoms. The van der Waals surface area contributed by atoms with Gasteiger partial charge in [-0.15, -0.1) is 11.3 Å². The largest absolute Gasteiger partial charge is 0.467 e. The van der Waals surface area contributed by atoms with Gasteiger partial charge in [-0.3, -0.25) is 0 Å². The van der Waals surface area contributed by atoms with Crippen LogP contribution in [0.3, 0.4) is 0 Å². The normalized spacial score (nSPS) is 17.9. The van der Waals surface area contributed by atoms with E-state index in [9.17, 15) is 0 Å². The van der Waals surface area contributed by atoms with Crippen molar-refractivity contribution in [1.29, 1.82) is 0 Å². The molecular weight excluding hydrogens is 282 g/mol. The molecule has 1 N–H and O–H groups in total. The molecule has 3 aromatic rings. The van der Waals surface area contributed by atoms with E-state index in [-0.39, 0.29) is 0 Å². The second kappa shape index (κ2) is 5.15. The first kappa shape index (κ1) is 12.8. The molecule has 3 aromatic heterocycles. The predicted molar refractivity (Wildman–Crippen MR) is 84.6 cm³/mol. The van der Waals surface area contributed by atoms with Crippen molar-refractivity contribution in [2.24, 2.45) is 5.92 Å². The summed E-state index contributed by atoms with van der Waals surface area (Å²) in [5.41, 5.74) is 1.45. The Hall–Kier alpha value is -1.88. The van der Waals surface area contributed by atoms with Crippen LogP contribution >= 0.6 is 11.3 Å². The van der Waals surface area contributed by atoms with Crippen LogP contribution < -0.4 is 5.32 Å². The number of aryl methyl sites for hydroxylation is 1. The van der Waals surface area contributed by atoms with Gasteiger partial charge in [0.05, 0.1) is 18.2 Å². The van der Waals surface area contributed by atoms with Gasteiger partial charge in [-0.1, -0.05) is 6.92 Å². The lowest BCUT2D eigenvalue weighted by Crippen LogP contribution is -2.09. The summed E-state index contributed by atoms with van der Waals surface area (Å²) >= 11 is 1.83. The van der Waals surface area contributed by atoms with Gasteiger partial charge in [-0.2, -0.15) is 0 Å². The molecule has 1 aliphatic rings. The van der Waals surface area contributed by atoms with Crippen LogP contribution in [0, 0.1) is 5.92 Å². The van der Waals surface area contributed by atoms with Crippen molar-refractivity contribution in [1.82, 2.24) is 9.97 Å². The molecule has 0 amide bonds. The maximum absolute atomic E-state index is 5.37. The van der Waals surface area contributed by atoms with Crippen LogP contribution in [-0.4, -0.2) is 9.97 Å². The Morgan fingerprint density at radius 1 is 1.43 bits per heavy atom. The molecule has 0 radical (unpaired) electrons. The van der Waals surface area contributed by atoms with Crippen LogP contribution in [-0.2, 0) is 19.4 Å². The minimum atomic E-state index is 0.653. The average molecular weight is 299 g/mol. The zero-order valence-corrected chi connectivity index (χ0v) is 12.7. The zero-order chi connectivity index (χ0) is 14.2. The molecule has 1 atom stereocenters. The van der Waals surface area contributed by atoms with E-state index in [1.165, 1.54) is 28.7 Å². The molecule has 0 saturated carbocycles. The number of nitrogens with one attached hydrogen (secondary N) is 1. The fraction of sp³-hybridized carbons (Fsp3) is 0.375. The van der Waals surface area contributed by atoms with Crippen LogP contribution in [0.25, 0.3) is 10.2 Å². The molecule has 0 aromatic carbocycles. The highest BCUT2D eigenvalue weighted by Gasteiger charge is 2.22. The van der Waals surface area contributed by atoms with E-state index in [0.717, 1.165) is 28.7 Å². The van der Waals surface area contributed by atoms with E-state index in [1.807, 2.05) is 23.5 Å². The zero-order valence-electron chi connectivity index (χ0n) is 11.9. The summed E-state index contributed by atoms with van der Waals surface area (Å²) in [6.45, 7) is 2.98. The summed E-state index contributed by atoms with van der Waals surface area (Å²) in [6, 6.07) is 3.87. The number of furan rings is 1. The third-order valence-corrected chi connectivity index (χ3v) is 5.26. The highest BCUT2D eigenvalue weighted by Crippen LogP contribution is 2.39. The molecule has 4 rings (SSSR count). The molecule has 0 spiro atoms. The quantitative estimate of drug-likeness (QED) is 0.793. The third-order valence-electron chi connectivity index (χ3n) is 4.10. The number of hydrogen-bond donors (Lipinski definition) is 1. The van der Waals surface area contributed by atoms with Gasteiger partial charge in [0.25, 0.3) is 0 Å². The Bertz CT molecular complexity index is 763. The van der Waals surface area contributed by atoms with Gasteiger partial charge in [0.15, 0.2) is 0 Å². The maximum atomic E-state index is 5.37. The van der Waals surface area contributed by atoms with Crippen LogP contribution in [0.5, 0.6) is 0 Å². The molecule has 4 nitrogen and oxygen atoms in total. The summed E-state index contributed by atoms with van der Waals surface area (Å²) in [5.74, 6) is 2.63. The molecule has 0 aliphatic heterocycles. The number of nitrogens with zero attached hydrogens (tertiary/aromatic N) is 2. The van der Waals surface area contributed by atoms with Crippen LogP contribution in [0.15, 0.2) is 29.1 Å². The number of anilines is 1. The first-order valence-electron chi connectivity index (χ1n) is 7.33. The predicted octanol–water partition coefficient (Wildman–Crippen LogP) is 4.02. The van der Waals surface area contributed by atoms with Gasteiger partial charge in [-0.25, -0.2) is 9.97 Å². The molecule has 108 valence electrons. The van der Waals surface area contributed by atoms with Crippen LogP contribution in [0.1, 0.15) is 29.5 Å². The summed E-state index contributed by atoms with van der Waals surface area (Å²) < 4.78 is 5.37.